The van der Waals surface area contributed by atoms with Crippen molar-refractivity contribution in [3.8, 4) is 0 Å². The molecule has 0 aromatic rings. The van der Waals surface area contributed by atoms with Gasteiger partial charge in [0.15, 0.2) is 11.0 Å². The third kappa shape index (κ3) is 5.55. The van der Waals surface area contributed by atoms with Crippen LogP contribution in [0.25, 0.3) is 0 Å². The van der Waals surface area contributed by atoms with E-state index >= 15 is 0 Å². The predicted molar refractivity (Wildman–Crippen MR) is 59.6 cm³/mol. The molecule has 0 aliphatic carbocycles. The lowest BCUT2D eigenvalue weighted by molar-refractivity contribution is -0.158. The minimum atomic E-state index is -0.973. The van der Waals surface area contributed by atoms with Crippen LogP contribution in [0, 0.1) is 5.92 Å². The highest BCUT2D eigenvalue weighted by Gasteiger charge is 2.26. The Balaban J connectivity index is 4.33. The van der Waals surface area contributed by atoms with Crippen molar-refractivity contribution in [2.24, 2.45) is 5.92 Å². The van der Waals surface area contributed by atoms with Gasteiger partial charge in [-0.2, -0.15) is 0 Å². The Morgan fingerprint density at radius 3 is 2.06 bits per heavy atom. The van der Waals surface area contributed by atoms with Crippen LogP contribution < -0.4 is 0 Å². The summed E-state index contributed by atoms with van der Waals surface area (Å²) < 4.78 is 8.93. The molecule has 0 aromatic carbocycles. The van der Waals surface area contributed by atoms with Gasteiger partial charge in [0.1, 0.15) is 0 Å². The van der Waals surface area contributed by atoms with Crippen LogP contribution in [-0.4, -0.2) is 31.3 Å². The molecule has 0 aliphatic rings. The molecule has 0 N–H and O–H groups in total. The summed E-state index contributed by atoms with van der Waals surface area (Å²) in [6.07, 6.45) is 1.71. The molecule has 0 aromatic heterocycles. The number of carbonyl (C=O) groups excluding carboxylic acids is 3. The van der Waals surface area contributed by atoms with Crippen molar-refractivity contribution in [1.82, 2.24) is 0 Å². The SMILES string of the molecule is COC(=O)C(C/C=C/SC(C)=O)C(=O)OC. The lowest BCUT2D eigenvalue weighted by Crippen LogP contribution is -2.25. The standard InChI is InChI=1S/C10H14O5S/c1-7(11)16-6-4-5-8(9(12)14-2)10(13)15-3/h4,6,8H,5H2,1-3H3/b6-4+. The number of ether oxygens (including phenoxy) is 2. The maximum absolute atomic E-state index is 11.2. The van der Waals surface area contributed by atoms with Gasteiger partial charge in [-0.15, -0.1) is 0 Å². The van der Waals surface area contributed by atoms with E-state index in [1.165, 1.54) is 26.6 Å². The quantitative estimate of drug-likeness (QED) is 0.535. The molecule has 0 heterocycles. The van der Waals surface area contributed by atoms with Crippen LogP contribution in [0.1, 0.15) is 13.3 Å². The van der Waals surface area contributed by atoms with E-state index in [1.54, 1.807) is 6.08 Å². The van der Waals surface area contributed by atoms with Crippen molar-refractivity contribution >= 4 is 28.8 Å². The molecule has 0 spiro atoms. The van der Waals surface area contributed by atoms with Crippen molar-refractivity contribution in [2.75, 3.05) is 14.2 Å². The Bertz CT molecular complexity index is 282. The number of esters is 2. The summed E-state index contributed by atoms with van der Waals surface area (Å²) in [5.74, 6) is -2.27. The number of hydrogen-bond acceptors (Lipinski definition) is 6. The zero-order valence-electron chi connectivity index (χ0n) is 9.39. The third-order valence-electron chi connectivity index (χ3n) is 1.67. The summed E-state index contributed by atoms with van der Waals surface area (Å²) in [5.41, 5.74) is 0. The van der Waals surface area contributed by atoms with Gasteiger partial charge in [-0.1, -0.05) is 17.8 Å². The van der Waals surface area contributed by atoms with Gasteiger partial charge < -0.3 is 9.47 Å². The van der Waals surface area contributed by atoms with Crippen molar-refractivity contribution in [3.05, 3.63) is 11.5 Å². The Labute approximate surface area is 98.2 Å². The highest BCUT2D eigenvalue weighted by molar-refractivity contribution is 8.16. The van der Waals surface area contributed by atoms with Crippen molar-refractivity contribution in [2.45, 2.75) is 13.3 Å². The first-order valence-electron chi connectivity index (χ1n) is 4.50. The zero-order chi connectivity index (χ0) is 12.6. The number of thioether (sulfide) groups is 1. The molecule has 0 rings (SSSR count). The van der Waals surface area contributed by atoms with E-state index < -0.39 is 17.9 Å². The first-order valence-corrected chi connectivity index (χ1v) is 5.38. The summed E-state index contributed by atoms with van der Waals surface area (Å²) in [4.78, 5) is 33.0. The Morgan fingerprint density at radius 2 is 1.69 bits per heavy atom. The maximum Gasteiger partial charge on any atom is 0.320 e. The summed E-state index contributed by atoms with van der Waals surface area (Å²) >= 11 is 0.988. The number of hydrogen-bond donors (Lipinski definition) is 0. The second-order valence-corrected chi connectivity index (χ2v) is 3.90. The van der Waals surface area contributed by atoms with Crippen LogP contribution in [-0.2, 0) is 23.9 Å². The minimum Gasteiger partial charge on any atom is -0.468 e. The predicted octanol–water partition coefficient (Wildman–Crippen LogP) is 1.13. The molecule has 0 amide bonds. The summed E-state index contributed by atoms with van der Waals surface area (Å²) in [6, 6.07) is 0. The molecule has 5 nitrogen and oxygen atoms in total. The number of methoxy groups -OCH3 is 2. The van der Waals surface area contributed by atoms with E-state index in [9.17, 15) is 14.4 Å². The fourth-order valence-electron chi connectivity index (χ4n) is 0.909. The average molecular weight is 246 g/mol. The first-order chi connectivity index (χ1) is 7.52. The molecule has 0 saturated carbocycles. The van der Waals surface area contributed by atoms with Gasteiger partial charge in [-0.3, -0.25) is 14.4 Å². The topological polar surface area (TPSA) is 69.7 Å². The largest absolute Gasteiger partial charge is 0.468 e. The van der Waals surface area contributed by atoms with Crippen LogP contribution in [0.4, 0.5) is 0 Å². The maximum atomic E-state index is 11.2. The monoisotopic (exact) mass is 246 g/mol. The molecule has 90 valence electrons. The Hall–Kier alpha value is -1.30. The van der Waals surface area contributed by atoms with Crippen molar-refractivity contribution < 1.29 is 23.9 Å². The first kappa shape index (κ1) is 14.7. The van der Waals surface area contributed by atoms with Gasteiger partial charge in [0.25, 0.3) is 0 Å². The van der Waals surface area contributed by atoms with Gasteiger partial charge in [0.2, 0.25) is 0 Å². The highest BCUT2D eigenvalue weighted by Crippen LogP contribution is 2.11. The van der Waals surface area contributed by atoms with Crippen molar-refractivity contribution in [3.63, 3.8) is 0 Å². The van der Waals surface area contributed by atoms with E-state index in [2.05, 4.69) is 9.47 Å². The van der Waals surface area contributed by atoms with E-state index in [0.717, 1.165) is 11.8 Å². The second kappa shape index (κ2) is 7.92. The average Bonchev–Trinajstić information content (AvgIpc) is 2.27. The lowest BCUT2D eigenvalue weighted by atomic mass is 10.1. The van der Waals surface area contributed by atoms with Crippen molar-refractivity contribution in [1.29, 1.82) is 0 Å². The summed E-state index contributed by atoms with van der Waals surface area (Å²) in [7, 11) is 2.40. The van der Waals surface area contributed by atoms with E-state index in [0.29, 0.717) is 0 Å². The normalized spacial score (nSPS) is 10.5. The molecular formula is C10H14O5S. The molecule has 0 saturated heterocycles. The van der Waals surface area contributed by atoms with Gasteiger partial charge in [0.05, 0.1) is 14.2 Å². The summed E-state index contributed by atoms with van der Waals surface area (Å²) in [5, 5.41) is 1.46. The molecule has 0 unspecified atom stereocenters. The minimum absolute atomic E-state index is 0.0658. The van der Waals surface area contributed by atoms with Gasteiger partial charge in [0, 0.05) is 6.92 Å². The van der Waals surface area contributed by atoms with E-state index in [1.807, 2.05) is 0 Å². The number of rotatable bonds is 5. The van der Waals surface area contributed by atoms with Crippen LogP contribution in [0.3, 0.4) is 0 Å². The highest BCUT2D eigenvalue weighted by atomic mass is 32.2. The molecule has 0 radical (unpaired) electrons. The molecular weight excluding hydrogens is 232 g/mol. The number of carbonyl (C=O) groups is 3. The van der Waals surface area contributed by atoms with Crippen LogP contribution in [0.15, 0.2) is 11.5 Å². The Kier molecular flexibility index (Phi) is 7.28. The van der Waals surface area contributed by atoms with E-state index in [-0.39, 0.29) is 11.5 Å². The zero-order valence-corrected chi connectivity index (χ0v) is 10.2. The molecule has 0 fully saturated rings. The van der Waals surface area contributed by atoms with Gasteiger partial charge in [-0.25, -0.2) is 0 Å². The lowest BCUT2D eigenvalue weighted by Gasteiger charge is -2.09. The summed E-state index contributed by atoms with van der Waals surface area (Å²) in [6.45, 7) is 1.42. The van der Waals surface area contributed by atoms with Crippen LogP contribution >= 0.6 is 11.8 Å². The molecule has 0 aliphatic heterocycles. The molecule has 0 bridgehead atoms. The molecule has 16 heavy (non-hydrogen) atoms. The molecule has 0 atom stereocenters. The second-order valence-electron chi connectivity index (χ2n) is 2.82. The smallest absolute Gasteiger partial charge is 0.320 e. The fourth-order valence-corrected chi connectivity index (χ4v) is 1.31. The van der Waals surface area contributed by atoms with Gasteiger partial charge >= 0.3 is 11.9 Å². The Morgan fingerprint density at radius 1 is 1.19 bits per heavy atom. The van der Waals surface area contributed by atoms with E-state index in [4.69, 9.17) is 0 Å². The van der Waals surface area contributed by atoms with Crippen LogP contribution in [0.5, 0.6) is 0 Å². The van der Waals surface area contributed by atoms with Crippen LogP contribution in [0.2, 0.25) is 0 Å². The molecule has 6 heteroatoms. The fraction of sp³-hybridized carbons (Fsp3) is 0.500. The third-order valence-corrected chi connectivity index (χ3v) is 2.33. The van der Waals surface area contributed by atoms with Gasteiger partial charge in [-0.05, 0) is 11.8 Å². The number of allylic oxidation sites excluding steroid dienone is 1.